The monoisotopic (exact) mass is 621 g/mol. The maximum Gasteiger partial charge on any atom is 0.171 e. The van der Waals surface area contributed by atoms with Crippen LogP contribution in [0.1, 0.15) is 0 Å². The van der Waals surface area contributed by atoms with Crippen molar-refractivity contribution in [2.24, 2.45) is 0 Å². The molecule has 0 aliphatic carbocycles. The first-order valence-corrected chi connectivity index (χ1v) is 17.4. The molecule has 222 valence electrons. The van der Waals surface area contributed by atoms with Gasteiger partial charge in [-0.25, -0.2) is 4.98 Å². The van der Waals surface area contributed by atoms with Crippen LogP contribution in [0.15, 0.2) is 174 Å². The zero-order valence-corrected chi connectivity index (χ0v) is 26.3. The molecule has 4 heteroatoms. The van der Waals surface area contributed by atoms with Gasteiger partial charge in [0.25, 0.3) is 0 Å². The van der Waals surface area contributed by atoms with Gasteiger partial charge in [-0.15, -0.1) is 0 Å². The second kappa shape index (κ2) is 10.9. The number of furan rings is 1. The van der Waals surface area contributed by atoms with Gasteiger partial charge in [-0.05, 0) is 46.2 Å². The molecule has 2 heterocycles. The highest BCUT2D eigenvalue weighted by Gasteiger charge is 2.29. The molecule has 47 heavy (non-hydrogen) atoms. The molecule has 0 aliphatic rings. The van der Waals surface area contributed by atoms with Crippen LogP contribution < -0.4 is 15.9 Å². The molecule has 0 radical (unpaired) electrons. The van der Waals surface area contributed by atoms with Gasteiger partial charge in [0, 0.05) is 37.6 Å². The maximum absolute atomic E-state index is 14.9. The van der Waals surface area contributed by atoms with Crippen molar-refractivity contribution in [1.82, 2.24) is 4.98 Å². The van der Waals surface area contributed by atoms with E-state index in [2.05, 4.69) is 84.9 Å². The molecule has 9 aromatic rings. The Morgan fingerprint density at radius 3 is 1.79 bits per heavy atom. The summed E-state index contributed by atoms with van der Waals surface area (Å²) in [6.07, 6.45) is 0. The fraction of sp³-hybridized carbons (Fsp3) is 0. The topological polar surface area (TPSA) is 43.1 Å². The first-order chi connectivity index (χ1) is 23.2. The van der Waals surface area contributed by atoms with Crippen LogP contribution in [0, 0.1) is 0 Å². The van der Waals surface area contributed by atoms with E-state index in [4.69, 9.17) is 9.40 Å². The van der Waals surface area contributed by atoms with Gasteiger partial charge in [0.15, 0.2) is 12.7 Å². The van der Waals surface area contributed by atoms with Crippen molar-refractivity contribution in [1.29, 1.82) is 0 Å². The molecule has 0 saturated carbocycles. The predicted molar refractivity (Wildman–Crippen MR) is 197 cm³/mol. The van der Waals surface area contributed by atoms with Crippen LogP contribution in [0.25, 0.3) is 66.0 Å². The summed E-state index contributed by atoms with van der Waals surface area (Å²) >= 11 is 0. The molecule has 0 unspecified atom stereocenters. The molecule has 3 nitrogen and oxygen atoms in total. The molecular weight excluding hydrogens is 593 g/mol. The van der Waals surface area contributed by atoms with Crippen molar-refractivity contribution in [3.05, 3.63) is 170 Å². The van der Waals surface area contributed by atoms with Gasteiger partial charge in [0.2, 0.25) is 0 Å². The number of hydrogen-bond donors (Lipinski definition) is 0. The number of nitrogens with zero attached hydrogens (tertiary/aromatic N) is 1. The van der Waals surface area contributed by atoms with Crippen LogP contribution in [0.3, 0.4) is 0 Å². The molecule has 0 bridgehead atoms. The summed E-state index contributed by atoms with van der Waals surface area (Å²) in [6, 6.07) is 57.2. The molecule has 0 aliphatic heterocycles. The molecule has 0 fully saturated rings. The SMILES string of the molecule is O=P(c1ccccc1)(c1ccccc1)c1ccc(-c2cccc(-c3nc4cc5ccccc5cc4c4c3oc3ccccc34)c2)cc1. The molecule has 7 aromatic carbocycles. The van der Waals surface area contributed by atoms with E-state index in [0.29, 0.717) is 0 Å². The lowest BCUT2D eigenvalue weighted by molar-refractivity contribution is 0.592. The normalized spacial score (nSPS) is 11.9. The standard InChI is InChI=1S/C43H28NO2P/c45-47(34-16-3-1-4-17-34,35-18-5-2-6-19-35)36-24-22-29(23-25-36)30-14-11-15-33(26-30)42-43-41(37-20-9-10-21-40(37)46-43)38-27-31-12-7-8-13-32(31)28-39(38)44-42/h1-28H. The first kappa shape index (κ1) is 27.5. The largest absolute Gasteiger partial charge is 0.454 e. The van der Waals surface area contributed by atoms with E-state index >= 15 is 0 Å². The summed E-state index contributed by atoms with van der Waals surface area (Å²) in [6.45, 7) is 0. The number of hydrogen-bond acceptors (Lipinski definition) is 3. The van der Waals surface area contributed by atoms with E-state index in [-0.39, 0.29) is 0 Å². The molecule has 0 atom stereocenters. The number of pyridine rings is 1. The van der Waals surface area contributed by atoms with Crippen molar-refractivity contribution in [2.45, 2.75) is 0 Å². The Morgan fingerprint density at radius 2 is 1.06 bits per heavy atom. The van der Waals surface area contributed by atoms with Crippen molar-refractivity contribution >= 4 is 66.7 Å². The smallest absolute Gasteiger partial charge is 0.171 e. The summed E-state index contributed by atoms with van der Waals surface area (Å²) in [5.41, 5.74) is 6.45. The number of rotatable bonds is 5. The Kier molecular flexibility index (Phi) is 6.41. The third-order valence-corrected chi connectivity index (χ3v) is 12.2. The van der Waals surface area contributed by atoms with Crippen LogP contribution >= 0.6 is 7.14 Å². The number of aromatic nitrogens is 1. The van der Waals surface area contributed by atoms with E-state index in [0.717, 1.165) is 76.5 Å². The molecule has 9 rings (SSSR count). The molecule has 0 saturated heterocycles. The van der Waals surface area contributed by atoms with Gasteiger partial charge in [-0.1, -0.05) is 146 Å². The highest BCUT2D eigenvalue weighted by atomic mass is 31.2. The Labute approximate surface area is 272 Å². The average molecular weight is 622 g/mol. The van der Waals surface area contributed by atoms with Crippen molar-refractivity contribution in [3.63, 3.8) is 0 Å². The first-order valence-electron chi connectivity index (χ1n) is 15.7. The lowest BCUT2D eigenvalue weighted by atomic mass is 9.98. The Bertz CT molecular complexity index is 2600. The third kappa shape index (κ3) is 4.51. The fourth-order valence-corrected chi connectivity index (χ4v) is 9.45. The van der Waals surface area contributed by atoms with Crippen molar-refractivity contribution in [3.8, 4) is 22.4 Å². The van der Waals surface area contributed by atoms with Crippen molar-refractivity contribution in [2.75, 3.05) is 0 Å². The maximum atomic E-state index is 14.9. The summed E-state index contributed by atoms with van der Waals surface area (Å²) < 4.78 is 21.4. The van der Waals surface area contributed by atoms with E-state index in [1.807, 2.05) is 84.9 Å². The molecule has 2 aromatic heterocycles. The van der Waals surface area contributed by atoms with Gasteiger partial charge < -0.3 is 8.98 Å². The Morgan fingerprint density at radius 1 is 0.468 bits per heavy atom. The summed E-state index contributed by atoms with van der Waals surface area (Å²) in [5, 5.41) is 8.04. The van der Waals surface area contributed by atoms with Crippen LogP contribution in [0.2, 0.25) is 0 Å². The van der Waals surface area contributed by atoms with E-state index in [9.17, 15) is 4.57 Å². The minimum atomic E-state index is -3.05. The average Bonchev–Trinajstić information content (AvgIpc) is 3.54. The highest BCUT2D eigenvalue weighted by Crippen LogP contribution is 2.43. The summed E-state index contributed by atoms with van der Waals surface area (Å²) in [5.74, 6) is 0. The van der Waals surface area contributed by atoms with Gasteiger partial charge >= 0.3 is 0 Å². The van der Waals surface area contributed by atoms with Crippen LogP contribution in [0.5, 0.6) is 0 Å². The van der Waals surface area contributed by atoms with E-state index in [1.54, 1.807) is 0 Å². The molecule has 0 N–H and O–H groups in total. The van der Waals surface area contributed by atoms with Gasteiger partial charge in [0.1, 0.15) is 11.3 Å². The molecular formula is C43H28NO2P. The van der Waals surface area contributed by atoms with E-state index in [1.165, 1.54) is 5.39 Å². The number of fused-ring (bicyclic) bond motifs is 6. The third-order valence-electron chi connectivity index (χ3n) is 9.12. The fourth-order valence-electron chi connectivity index (χ4n) is 6.80. The van der Waals surface area contributed by atoms with Crippen LogP contribution in [-0.4, -0.2) is 4.98 Å². The predicted octanol–water partition coefficient (Wildman–Crippen LogP) is 10.3. The van der Waals surface area contributed by atoms with Gasteiger partial charge in [-0.3, -0.25) is 0 Å². The summed E-state index contributed by atoms with van der Waals surface area (Å²) in [4.78, 5) is 5.24. The van der Waals surface area contributed by atoms with Crippen molar-refractivity contribution < 1.29 is 8.98 Å². The summed E-state index contributed by atoms with van der Waals surface area (Å²) in [7, 11) is -3.05. The number of para-hydroxylation sites is 1. The lowest BCUT2D eigenvalue weighted by Gasteiger charge is -2.20. The van der Waals surface area contributed by atoms with Crippen LogP contribution in [0.4, 0.5) is 0 Å². The molecule has 0 spiro atoms. The second-order valence-corrected chi connectivity index (χ2v) is 14.7. The van der Waals surface area contributed by atoms with Crippen LogP contribution in [-0.2, 0) is 4.57 Å². The number of benzene rings is 7. The quantitative estimate of drug-likeness (QED) is 0.142. The molecule has 0 amide bonds. The highest BCUT2D eigenvalue weighted by molar-refractivity contribution is 7.85. The Hall–Kier alpha value is -5.76. The van der Waals surface area contributed by atoms with Gasteiger partial charge in [-0.2, -0.15) is 0 Å². The minimum absolute atomic E-state index is 0.785. The van der Waals surface area contributed by atoms with E-state index < -0.39 is 7.14 Å². The zero-order chi connectivity index (χ0) is 31.4. The minimum Gasteiger partial charge on any atom is -0.454 e. The Balaban J connectivity index is 1.19. The lowest BCUT2D eigenvalue weighted by Crippen LogP contribution is -2.24. The zero-order valence-electron chi connectivity index (χ0n) is 25.4. The second-order valence-electron chi connectivity index (χ2n) is 11.9. The van der Waals surface area contributed by atoms with Gasteiger partial charge in [0.05, 0.1) is 5.52 Å².